The predicted molar refractivity (Wildman–Crippen MR) is 158 cm³/mol. The fourth-order valence-corrected chi connectivity index (χ4v) is 6.81. The number of nitrogens with zero attached hydrogens (tertiary/aromatic N) is 1. The third-order valence-electron chi connectivity index (χ3n) is 7.37. The number of nitrogens with one attached hydrogen (secondary N) is 1. The summed E-state index contributed by atoms with van der Waals surface area (Å²) in [4.78, 5) is 8.66. The Morgan fingerprint density at radius 1 is 0.568 bits per heavy atom. The van der Waals surface area contributed by atoms with Crippen molar-refractivity contribution in [3.8, 4) is 11.1 Å². The van der Waals surface area contributed by atoms with Crippen LogP contribution in [0, 0.1) is 0 Å². The van der Waals surface area contributed by atoms with Gasteiger partial charge in [0.2, 0.25) is 0 Å². The maximum absolute atomic E-state index is 3.75. The smallest absolute Gasteiger partial charge is 0.0602 e. The quantitative estimate of drug-likeness (QED) is 0.260. The lowest BCUT2D eigenvalue weighted by Crippen LogP contribution is -2.14. The Labute approximate surface area is 219 Å². The first-order valence-corrected chi connectivity index (χ1v) is 13.4. The van der Waals surface area contributed by atoms with Crippen LogP contribution in [-0.2, 0) is 0 Å². The molecule has 1 aliphatic rings. The van der Waals surface area contributed by atoms with Gasteiger partial charge >= 0.3 is 0 Å². The van der Waals surface area contributed by atoms with E-state index in [0.29, 0.717) is 0 Å². The van der Waals surface area contributed by atoms with Gasteiger partial charge in [-0.15, -0.1) is 0 Å². The summed E-state index contributed by atoms with van der Waals surface area (Å²) in [5.41, 5.74) is 8.44. The van der Waals surface area contributed by atoms with Crippen LogP contribution >= 0.6 is 11.8 Å². The van der Waals surface area contributed by atoms with E-state index in [-0.39, 0.29) is 0 Å². The van der Waals surface area contributed by atoms with Gasteiger partial charge < -0.3 is 9.88 Å². The molecule has 0 saturated heterocycles. The molecular formula is C34H22N2S. The van der Waals surface area contributed by atoms with Gasteiger partial charge in [-0.1, -0.05) is 96.7 Å². The van der Waals surface area contributed by atoms with E-state index in [9.17, 15) is 0 Å². The molecule has 0 saturated carbocycles. The molecule has 1 aliphatic heterocycles. The molecule has 2 heterocycles. The van der Waals surface area contributed by atoms with E-state index in [1.54, 1.807) is 0 Å². The van der Waals surface area contributed by atoms with Crippen molar-refractivity contribution in [1.29, 1.82) is 0 Å². The summed E-state index contributed by atoms with van der Waals surface area (Å²) >= 11 is 1.85. The van der Waals surface area contributed by atoms with Crippen LogP contribution in [0.3, 0.4) is 0 Å². The zero-order valence-electron chi connectivity index (χ0n) is 20.0. The van der Waals surface area contributed by atoms with E-state index in [0.717, 1.165) is 0 Å². The van der Waals surface area contributed by atoms with Crippen LogP contribution in [0.15, 0.2) is 137 Å². The van der Waals surface area contributed by atoms with Crippen molar-refractivity contribution in [3.63, 3.8) is 0 Å². The highest BCUT2D eigenvalue weighted by atomic mass is 32.2. The molecule has 0 bridgehead atoms. The van der Waals surface area contributed by atoms with E-state index in [2.05, 4.69) is 137 Å². The molecule has 7 aromatic rings. The maximum Gasteiger partial charge on any atom is 0.0602 e. The first-order valence-electron chi connectivity index (χ1n) is 12.5. The van der Waals surface area contributed by atoms with Gasteiger partial charge in [-0.3, -0.25) is 0 Å². The van der Waals surface area contributed by atoms with Crippen LogP contribution in [0.5, 0.6) is 0 Å². The normalized spacial score (nSPS) is 12.7. The summed E-state index contributed by atoms with van der Waals surface area (Å²) in [7, 11) is 0. The maximum atomic E-state index is 3.75. The number of rotatable bonds is 2. The summed E-state index contributed by atoms with van der Waals surface area (Å²) in [6, 6.07) is 45.9. The molecule has 3 heteroatoms. The van der Waals surface area contributed by atoms with Crippen molar-refractivity contribution in [2.75, 3.05) is 4.90 Å². The van der Waals surface area contributed by atoms with Crippen LogP contribution in [0.1, 0.15) is 0 Å². The molecule has 0 fully saturated rings. The first kappa shape index (κ1) is 20.7. The zero-order chi connectivity index (χ0) is 24.3. The second-order valence-electron chi connectivity index (χ2n) is 9.49. The Kier molecular flexibility index (Phi) is 4.49. The minimum absolute atomic E-state index is 1.17. The highest BCUT2D eigenvalue weighted by molar-refractivity contribution is 7.99. The molecule has 0 atom stereocenters. The van der Waals surface area contributed by atoms with Gasteiger partial charge in [-0.05, 0) is 58.8 Å². The molecule has 0 amide bonds. The van der Waals surface area contributed by atoms with Crippen molar-refractivity contribution >= 4 is 61.4 Å². The van der Waals surface area contributed by atoms with Gasteiger partial charge in [0.15, 0.2) is 0 Å². The third-order valence-corrected chi connectivity index (χ3v) is 8.49. The van der Waals surface area contributed by atoms with E-state index < -0.39 is 0 Å². The Morgan fingerprint density at radius 3 is 2.30 bits per heavy atom. The Balaban J connectivity index is 1.33. The predicted octanol–water partition coefficient (Wildman–Crippen LogP) is 10.1. The van der Waals surface area contributed by atoms with E-state index in [1.165, 1.54) is 70.6 Å². The average molecular weight is 491 g/mol. The van der Waals surface area contributed by atoms with E-state index in [1.807, 2.05) is 11.8 Å². The average Bonchev–Trinajstić information content (AvgIpc) is 3.35. The molecule has 37 heavy (non-hydrogen) atoms. The minimum Gasteiger partial charge on any atom is -0.354 e. The monoisotopic (exact) mass is 490 g/mol. The highest BCUT2D eigenvalue weighted by Gasteiger charge is 2.25. The zero-order valence-corrected chi connectivity index (χ0v) is 20.8. The molecule has 0 unspecified atom stereocenters. The second-order valence-corrected chi connectivity index (χ2v) is 10.6. The minimum atomic E-state index is 1.17. The lowest BCUT2D eigenvalue weighted by atomic mass is 9.99. The van der Waals surface area contributed by atoms with Crippen LogP contribution < -0.4 is 4.90 Å². The van der Waals surface area contributed by atoms with Gasteiger partial charge in [0.25, 0.3) is 0 Å². The molecule has 6 aromatic carbocycles. The standard InChI is InChI=1S/C34H22N2S/c1-2-10-24(11-3-1)36-29-15-6-7-16-31(29)37-32-21-23(18-20-30(32)36)26-13-8-14-27-33-25-12-5-4-9-22(25)17-19-28(33)35-34(26)27/h1-21,35H. The third kappa shape index (κ3) is 3.14. The largest absolute Gasteiger partial charge is 0.354 e. The summed E-state index contributed by atoms with van der Waals surface area (Å²) in [6.45, 7) is 0. The number of hydrogen-bond donors (Lipinski definition) is 1. The summed E-state index contributed by atoms with van der Waals surface area (Å²) in [5.74, 6) is 0. The van der Waals surface area contributed by atoms with Crippen LogP contribution in [0.4, 0.5) is 17.1 Å². The Bertz CT molecular complexity index is 1970. The van der Waals surface area contributed by atoms with Crippen molar-refractivity contribution < 1.29 is 0 Å². The van der Waals surface area contributed by atoms with Gasteiger partial charge in [0.05, 0.1) is 16.9 Å². The number of fused-ring (bicyclic) bond motifs is 7. The molecule has 0 spiro atoms. The number of H-pyrrole nitrogens is 1. The lowest BCUT2D eigenvalue weighted by Gasteiger charge is -2.33. The van der Waals surface area contributed by atoms with Gasteiger partial charge in [0, 0.05) is 37.3 Å². The van der Waals surface area contributed by atoms with Crippen LogP contribution in [-0.4, -0.2) is 4.98 Å². The molecule has 1 aromatic heterocycles. The van der Waals surface area contributed by atoms with Gasteiger partial charge in [-0.25, -0.2) is 0 Å². The summed E-state index contributed by atoms with van der Waals surface area (Å²) in [5, 5.41) is 5.13. The van der Waals surface area contributed by atoms with Crippen LogP contribution in [0.2, 0.25) is 0 Å². The fraction of sp³-hybridized carbons (Fsp3) is 0. The number of hydrogen-bond acceptors (Lipinski definition) is 2. The fourth-order valence-electron chi connectivity index (χ4n) is 5.72. The first-order chi connectivity index (χ1) is 18.3. The number of benzene rings is 6. The lowest BCUT2D eigenvalue weighted by molar-refractivity contribution is 1.17. The van der Waals surface area contributed by atoms with E-state index in [4.69, 9.17) is 0 Å². The summed E-state index contributed by atoms with van der Waals surface area (Å²) < 4.78 is 0. The molecule has 0 aliphatic carbocycles. The van der Waals surface area contributed by atoms with Crippen LogP contribution in [0.25, 0.3) is 43.7 Å². The van der Waals surface area contributed by atoms with Crippen molar-refractivity contribution in [2.45, 2.75) is 9.79 Å². The van der Waals surface area contributed by atoms with Crippen molar-refractivity contribution in [1.82, 2.24) is 4.98 Å². The molecule has 1 N–H and O–H groups in total. The molecule has 8 rings (SSSR count). The second kappa shape index (κ2) is 8.02. The Morgan fingerprint density at radius 2 is 1.35 bits per heavy atom. The molecule has 174 valence electrons. The number of para-hydroxylation sites is 3. The number of anilines is 3. The van der Waals surface area contributed by atoms with E-state index >= 15 is 0 Å². The Hall–Kier alpha value is -4.47. The molecular weight excluding hydrogens is 468 g/mol. The molecule has 0 radical (unpaired) electrons. The van der Waals surface area contributed by atoms with Crippen molar-refractivity contribution in [3.05, 3.63) is 127 Å². The number of aromatic amines is 1. The highest BCUT2D eigenvalue weighted by Crippen LogP contribution is 2.52. The number of aromatic nitrogens is 1. The topological polar surface area (TPSA) is 19.0 Å². The molecule has 2 nitrogen and oxygen atoms in total. The van der Waals surface area contributed by atoms with Gasteiger partial charge in [-0.2, -0.15) is 0 Å². The SMILES string of the molecule is c1ccc(N2c3ccccc3Sc3cc(-c4cccc5c4[nH]c4ccc6ccccc6c45)ccc32)cc1. The van der Waals surface area contributed by atoms with Gasteiger partial charge in [0.1, 0.15) is 0 Å². The van der Waals surface area contributed by atoms with Crippen molar-refractivity contribution in [2.24, 2.45) is 0 Å². The summed E-state index contributed by atoms with van der Waals surface area (Å²) in [6.07, 6.45) is 0.